The zero-order chi connectivity index (χ0) is 28.7. The summed E-state index contributed by atoms with van der Waals surface area (Å²) in [5.41, 5.74) is 5.76. The lowest BCUT2D eigenvalue weighted by Crippen LogP contribution is -2.24. The Morgan fingerprint density at radius 1 is 0.762 bits per heavy atom. The molecule has 3 aromatic carbocycles. The first-order valence-electron chi connectivity index (χ1n) is 15.0. The molecule has 0 amide bonds. The number of allylic oxidation sites excluding steroid dienone is 1. The van der Waals surface area contributed by atoms with Gasteiger partial charge in [-0.05, 0) is 54.3 Å². The number of hydrogen-bond acceptors (Lipinski definition) is 6. The van der Waals surface area contributed by atoms with E-state index in [2.05, 4.69) is 90.1 Å². The number of unbranched alkanes of at least 4 members (excludes halogenated alkanes) is 2. The van der Waals surface area contributed by atoms with Crippen molar-refractivity contribution in [2.45, 2.75) is 65.7 Å². The molecule has 7 heteroatoms. The lowest BCUT2D eigenvalue weighted by Gasteiger charge is -2.24. The van der Waals surface area contributed by atoms with Crippen LogP contribution >= 0.6 is 0 Å². The molecule has 3 heterocycles. The second-order valence-electron chi connectivity index (χ2n) is 10.8. The normalized spacial score (nSPS) is 13.5. The number of rotatable bonds is 13. The van der Waals surface area contributed by atoms with Gasteiger partial charge in [0.1, 0.15) is 5.82 Å². The van der Waals surface area contributed by atoms with E-state index in [0.29, 0.717) is 0 Å². The van der Waals surface area contributed by atoms with Crippen LogP contribution in [0.1, 0.15) is 62.0 Å². The van der Waals surface area contributed by atoms with Gasteiger partial charge < -0.3 is 23.5 Å². The minimum absolute atomic E-state index is 0.270. The maximum absolute atomic E-state index is 5.70. The quantitative estimate of drug-likeness (QED) is 0.165. The van der Waals surface area contributed by atoms with Crippen molar-refractivity contribution in [3.63, 3.8) is 0 Å². The topological polar surface area (TPSA) is 58.0 Å². The van der Waals surface area contributed by atoms with Crippen LogP contribution in [0.25, 0.3) is 17.5 Å². The predicted octanol–water partition coefficient (Wildman–Crippen LogP) is 7.82. The highest BCUT2D eigenvalue weighted by atomic mass is 16.7. The molecule has 0 radical (unpaired) electrons. The second kappa shape index (κ2) is 13.2. The van der Waals surface area contributed by atoms with Crippen LogP contribution in [-0.4, -0.2) is 28.0 Å². The average Bonchev–Trinajstić information content (AvgIpc) is 3.75. The Morgan fingerprint density at radius 2 is 1.40 bits per heavy atom. The summed E-state index contributed by atoms with van der Waals surface area (Å²) >= 11 is 0. The molecule has 0 aliphatic carbocycles. The van der Waals surface area contributed by atoms with Gasteiger partial charge >= 0.3 is 0 Å². The Balaban J connectivity index is 1.39. The molecule has 4 aromatic rings. The van der Waals surface area contributed by atoms with Crippen molar-refractivity contribution in [3.05, 3.63) is 95.3 Å². The van der Waals surface area contributed by atoms with E-state index < -0.39 is 0 Å². The molecule has 2 aliphatic heterocycles. The number of benzene rings is 3. The van der Waals surface area contributed by atoms with Gasteiger partial charge in [-0.15, -0.1) is 0 Å². The lowest BCUT2D eigenvalue weighted by atomic mass is 10.1. The van der Waals surface area contributed by atoms with Crippen LogP contribution in [0.15, 0.2) is 72.8 Å². The van der Waals surface area contributed by atoms with E-state index in [4.69, 9.17) is 23.9 Å². The van der Waals surface area contributed by atoms with Crippen LogP contribution in [-0.2, 0) is 26.2 Å². The first-order valence-corrected chi connectivity index (χ1v) is 15.0. The monoisotopic (exact) mass is 565 g/mol. The molecule has 0 spiro atoms. The first-order chi connectivity index (χ1) is 20.7. The van der Waals surface area contributed by atoms with E-state index in [1.165, 1.54) is 16.8 Å². The van der Waals surface area contributed by atoms with E-state index in [1.54, 1.807) is 0 Å². The molecule has 0 unspecified atom stereocenters. The number of ether oxygens (including phenoxy) is 4. The third kappa shape index (κ3) is 6.31. The predicted molar refractivity (Wildman–Crippen MR) is 165 cm³/mol. The Morgan fingerprint density at radius 3 is 2.02 bits per heavy atom. The van der Waals surface area contributed by atoms with Gasteiger partial charge in [-0.25, -0.2) is 4.98 Å². The van der Waals surface area contributed by atoms with Gasteiger partial charge in [0.2, 0.25) is 13.6 Å². The Hall–Kier alpha value is -4.23. The number of nitrogens with zero attached hydrogens (tertiary/aromatic N) is 3. The van der Waals surface area contributed by atoms with E-state index >= 15 is 0 Å². The summed E-state index contributed by atoms with van der Waals surface area (Å²) in [4.78, 5) is 7.72. The van der Waals surface area contributed by atoms with Gasteiger partial charge in [0.25, 0.3) is 0 Å². The van der Waals surface area contributed by atoms with Crippen LogP contribution in [0.4, 0.5) is 0 Å². The summed E-state index contributed by atoms with van der Waals surface area (Å²) in [5, 5.41) is 0. The summed E-state index contributed by atoms with van der Waals surface area (Å²) in [5.74, 6) is 4.24. The summed E-state index contributed by atoms with van der Waals surface area (Å²) < 4.78 is 25.0. The molecule has 0 atom stereocenters. The molecule has 0 N–H and O–H groups in total. The minimum Gasteiger partial charge on any atom is -0.454 e. The van der Waals surface area contributed by atoms with Crippen LogP contribution in [0.5, 0.6) is 23.0 Å². The van der Waals surface area contributed by atoms with Crippen molar-refractivity contribution in [1.29, 1.82) is 0 Å². The van der Waals surface area contributed by atoms with Gasteiger partial charge in [0.05, 0.1) is 11.4 Å². The van der Waals surface area contributed by atoms with Crippen molar-refractivity contribution < 1.29 is 18.9 Å². The van der Waals surface area contributed by atoms with E-state index in [9.17, 15) is 0 Å². The molecule has 0 saturated heterocycles. The lowest BCUT2D eigenvalue weighted by molar-refractivity contribution is 0.173. The molecule has 42 heavy (non-hydrogen) atoms. The third-order valence-electron chi connectivity index (χ3n) is 7.66. The third-order valence-corrected chi connectivity index (χ3v) is 7.66. The largest absolute Gasteiger partial charge is 0.454 e. The number of fused-ring (bicyclic) bond motifs is 2. The van der Waals surface area contributed by atoms with Crippen LogP contribution in [0, 0.1) is 0 Å². The van der Waals surface area contributed by atoms with Gasteiger partial charge in [0.15, 0.2) is 23.0 Å². The number of hydrogen-bond donors (Lipinski definition) is 0. The van der Waals surface area contributed by atoms with Crippen LogP contribution in [0.3, 0.4) is 0 Å². The second-order valence-corrected chi connectivity index (χ2v) is 10.8. The smallest absolute Gasteiger partial charge is 0.231 e. The van der Waals surface area contributed by atoms with E-state index in [1.807, 2.05) is 12.1 Å². The molecule has 1 aromatic heterocycles. The summed E-state index contributed by atoms with van der Waals surface area (Å²) in [6.45, 7) is 8.12. The summed E-state index contributed by atoms with van der Waals surface area (Å²) in [7, 11) is 0. The minimum atomic E-state index is 0.270. The zero-order valence-electron chi connectivity index (χ0n) is 24.6. The Labute approximate surface area is 248 Å². The molecular formula is C35H39N3O4. The highest BCUT2D eigenvalue weighted by Crippen LogP contribution is 2.35. The maximum Gasteiger partial charge on any atom is 0.231 e. The molecule has 0 fully saturated rings. The number of imidazole rings is 1. The summed E-state index contributed by atoms with van der Waals surface area (Å²) in [6, 6.07) is 23.0. The van der Waals surface area contributed by atoms with Gasteiger partial charge in [-0.1, -0.05) is 75.2 Å². The first kappa shape index (κ1) is 27.9. The molecule has 0 saturated carbocycles. The molecule has 0 bridgehead atoms. The maximum atomic E-state index is 5.70. The molecule has 2 aliphatic rings. The van der Waals surface area contributed by atoms with Crippen molar-refractivity contribution in [1.82, 2.24) is 14.5 Å². The Kier molecular flexibility index (Phi) is 8.75. The van der Waals surface area contributed by atoms with Crippen molar-refractivity contribution in [2.24, 2.45) is 0 Å². The fraction of sp³-hybridized carbons (Fsp3) is 0.343. The van der Waals surface area contributed by atoms with E-state index in [0.717, 1.165) is 91.9 Å². The van der Waals surface area contributed by atoms with Gasteiger partial charge in [0, 0.05) is 31.7 Å². The van der Waals surface area contributed by atoms with Gasteiger partial charge in [-0.2, -0.15) is 0 Å². The molecule has 7 nitrogen and oxygen atoms in total. The fourth-order valence-corrected chi connectivity index (χ4v) is 5.51. The van der Waals surface area contributed by atoms with Crippen molar-refractivity contribution in [3.8, 4) is 34.4 Å². The van der Waals surface area contributed by atoms with Crippen LogP contribution < -0.4 is 18.9 Å². The van der Waals surface area contributed by atoms with E-state index in [-0.39, 0.29) is 13.6 Å². The SMILES string of the molecule is CCCC=Cc1nc(-c2ccccc2)n(CCCC)c1CN(Cc1ccc2c(c1)OCO2)Cc1ccc2c(c1)OCO2. The highest BCUT2D eigenvalue weighted by molar-refractivity contribution is 5.61. The number of aromatic nitrogens is 2. The van der Waals surface area contributed by atoms with Gasteiger partial charge in [-0.3, -0.25) is 4.90 Å². The fourth-order valence-electron chi connectivity index (χ4n) is 5.51. The Bertz CT molecular complexity index is 1470. The summed E-state index contributed by atoms with van der Waals surface area (Å²) in [6.07, 6.45) is 8.81. The van der Waals surface area contributed by atoms with Crippen molar-refractivity contribution in [2.75, 3.05) is 13.6 Å². The zero-order valence-corrected chi connectivity index (χ0v) is 24.6. The standard InChI is InChI=1S/C35H39N3O4/c1-3-5-8-13-29-30(38(18-6-4-2)35(36-29)28-11-9-7-10-12-28)23-37(21-26-14-16-31-33(19-26)41-24-39-31)22-27-15-17-32-34(20-27)42-25-40-32/h7-17,19-20H,3-6,18,21-25H2,1-2H3. The molecular weight excluding hydrogens is 526 g/mol. The highest BCUT2D eigenvalue weighted by Gasteiger charge is 2.22. The molecule has 218 valence electrons. The average molecular weight is 566 g/mol. The van der Waals surface area contributed by atoms with Crippen molar-refractivity contribution >= 4 is 6.08 Å². The van der Waals surface area contributed by atoms with Crippen LogP contribution in [0.2, 0.25) is 0 Å². The molecule has 6 rings (SSSR count).